The summed E-state index contributed by atoms with van der Waals surface area (Å²) >= 11 is 0. The van der Waals surface area contributed by atoms with Gasteiger partial charge in [-0.1, -0.05) is 6.07 Å². The number of nitrogens with zero attached hydrogens (tertiary/aromatic N) is 6. The van der Waals surface area contributed by atoms with Gasteiger partial charge in [0.1, 0.15) is 5.82 Å². The van der Waals surface area contributed by atoms with Crippen LogP contribution in [0.3, 0.4) is 0 Å². The fourth-order valence-corrected chi connectivity index (χ4v) is 5.07. The van der Waals surface area contributed by atoms with Crippen molar-refractivity contribution < 1.29 is 4.39 Å². The molecule has 2 bridgehead atoms. The first-order valence-corrected chi connectivity index (χ1v) is 10.7. The lowest BCUT2D eigenvalue weighted by atomic mass is 9.82. The molecular formula is C23H27FN6O. The third-order valence-corrected chi connectivity index (χ3v) is 6.55. The predicted molar refractivity (Wildman–Crippen MR) is 116 cm³/mol. The van der Waals surface area contributed by atoms with Gasteiger partial charge in [-0.15, -0.1) is 0 Å². The Balaban J connectivity index is 1.36. The van der Waals surface area contributed by atoms with Gasteiger partial charge in [-0.3, -0.25) is 14.7 Å². The lowest BCUT2D eigenvalue weighted by Gasteiger charge is -2.44. The van der Waals surface area contributed by atoms with Crippen LogP contribution in [0.2, 0.25) is 0 Å². The van der Waals surface area contributed by atoms with E-state index in [1.807, 2.05) is 35.5 Å². The highest BCUT2D eigenvalue weighted by Crippen LogP contribution is 2.37. The second kappa shape index (κ2) is 7.92. The van der Waals surface area contributed by atoms with Crippen LogP contribution in [0, 0.1) is 11.7 Å². The molecule has 0 spiro atoms. The van der Waals surface area contributed by atoms with E-state index in [1.54, 1.807) is 18.5 Å². The van der Waals surface area contributed by atoms with Gasteiger partial charge in [0.2, 0.25) is 0 Å². The highest BCUT2D eigenvalue weighted by Gasteiger charge is 2.35. The number of fused-ring (bicyclic) bond motifs is 4. The highest BCUT2D eigenvalue weighted by atomic mass is 19.1. The number of imidazole rings is 1. The van der Waals surface area contributed by atoms with Crippen LogP contribution in [-0.4, -0.2) is 44.1 Å². The molecule has 2 aliphatic rings. The van der Waals surface area contributed by atoms with E-state index in [-0.39, 0.29) is 17.3 Å². The van der Waals surface area contributed by atoms with Crippen LogP contribution < -0.4 is 10.5 Å². The Morgan fingerprint density at radius 2 is 2.03 bits per heavy atom. The molecule has 0 radical (unpaired) electrons. The summed E-state index contributed by atoms with van der Waals surface area (Å²) < 4.78 is 18.2. The summed E-state index contributed by atoms with van der Waals surface area (Å²) in [5.41, 5.74) is 2.57. The molecule has 0 N–H and O–H groups in total. The molecule has 0 aromatic carbocycles. The Morgan fingerprint density at radius 3 is 2.81 bits per heavy atom. The first-order valence-electron chi connectivity index (χ1n) is 10.7. The Kier molecular flexibility index (Phi) is 5.09. The normalized spacial score (nSPS) is 20.2. The van der Waals surface area contributed by atoms with E-state index >= 15 is 0 Å². The summed E-state index contributed by atoms with van der Waals surface area (Å²) in [7, 11) is 3.98. The van der Waals surface area contributed by atoms with Crippen LogP contribution >= 0.6 is 0 Å². The Morgan fingerprint density at radius 1 is 1.16 bits per heavy atom. The average molecular weight is 423 g/mol. The van der Waals surface area contributed by atoms with Crippen molar-refractivity contribution in [3.63, 3.8) is 0 Å². The average Bonchev–Trinajstić information content (AvgIpc) is 3.15. The lowest BCUT2D eigenvalue weighted by molar-refractivity contribution is 0.274. The van der Waals surface area contributed by atoms with Crippen molar-refractivity contribution in [1.29, 1.82) is 0 Å². The molecule has 0 unspecified atom stereocenters. The number of pyridine rings is 2. The molecule has 1 saturated heterocycles. The van der Waals surface area contributed by atoms with Crippen LogP contribution in [0.25, 0.3) is 0 Å². The molecule has 3 aromatic heterocycles. The van der Waals surface area contributed by atoms with E-state index in [0.717, 1.165) is 36.6 Å². The maximum Gasteiger partial charge on any atom is 0.255 e. The number of rotatable bonds is 5. The van der Waals surface area contributed by atoms with E-state index < -0.39 is 0 Å². The zero-order valence-electron chi connectivity index (χ0n) is 17.9. The van der Waals surface area contributed by atoms with Crippen molar-refractivity contribution in [2.24, 2.45) is 13.0 Å². The Hall–Kier alpha value is -3.00. The van der Waals surface area contributed by atoms with E-state index in [9.17, 15) is 9.18 Å². The molecule has 3 aromatic rings. The zero-order valence-corrected chi connectivity index (χ0v) is 17.9. The molecule has 0 saturated carbocycles. The largest absolute Gasteiger partial charge is 0.368 e. The maximum atomic E-state index is 14.3. The minimum atomic E-state index is -0.286. The molecule has 7 nitrogen and oxygen atoms in total. The van der Waals surface area contributed by atoms with Crippen LogP contribution in [0.4, 0.5) is 10.1 Å². The van der Waals surface area contributed by atoms with Crippen molar-refractivity contribution in [1.82, 2.24) is 24.0 Å². The van der Waals surface area contributed by atoms with Crippen molar-refractivity contribution in [2.75, 3.05) is 25.0 Å². The van der Waals surface area contributed by atoms with Crippen molar-refractivity contribution in [3.05, 3.63) is 76.2 Å². The number of aromatic nitrogens is 4. The van der Waals surface area contributed by atoms with Gasteiger partial charge in [-0.05, 0) is 31.5 Å². The fraction of sp³-hybridized carbons (Fsp3) is 0.435. The van der Waals surface area contributed by atoms with Gasteiger partial charge in [-0.25, -0.2) is 9.37 Å². The molecule has 2 aliphatic heterocycles. The van der Waals surface area contributed by atoms with Crippen molar-refractivity contribution >= 4 is 5.69 Å². The SMILES string of the molecule is CN(Cc1ccc2n(c1=O)C[C@H]1C[C@@H]2CN(c2ccncc2F)C1)Cc1nccn1C. The van der Waals surface area contributed by atoms with Crippen LogP contribution in [0.15, 0.2) is 47.8 Å². The summed E-state index contributed by atoms with van der Waals surface area (Å²) in [5.74, 6) is 1.24. The number of aryl methyl sites for hydroxylation is 1. The quantitative estimate of drug-likeness (QED) is 0.632. The molecule has 2 atom stereocenters. The Labute approximate surface area is 180 Å². The van der Waals surface area contributed by atoms with E-state index in [2.05, 4.69) is 25.8 Å². The van der Waals surface area contributed by atoms with Gasteiger partial charge in [0.25, 0.3) is 5.56 Å². The number of halogens is 1. The van der Waals surface area contributed by atoms with Crippen molar-refractivity contribution in [2.45, 2.75) is 32.0 Å². The zero-order chi connectivity index (χ0) is 21.5. The van der Waals surface area contributed by atoms with Gasteiger partial charge in [0.15, 0.2) is 5.82 Å². The molecule has 0 amide bonds. The van der Waals surface area contributed by atoms with E-state index in [0.29, 0.717) is 31.2 Å². The van der Waals surface area contributed by atoms with Gasteiger partial charge in [0.05, 0.1) is 18.4 Å². The van der Waals surface area contributed by atoms with Gasteiger partial charge in [-0.2, -0.15) is 0 Å². The first kappa shape index (κ1) is 19.9. The second-order valence-electron chi connectivity index (χ2n) is 8.86. The summed E-state index contributed by atoms with van der Waals surface area (Å²) in [6, 6.07) is 5.80. The van der Waals surface area contributed by atoms with Crippen LogP contribution in [0.5, 0.6) is 0 Å². The standard InChI is InChI=1S/C23H27FN6O/c1-27(15-22-26-7-8-28(22)2)13-17-3-4-20-18-9-16(12-30(20)23(17)31)11-29(14-18)21-5-6-25-10-19(21)24/h3-8,10,16,18H,9,11-15H2,1-2H3/t16-,18+/m0/s1. The number of piperidine rings is 1. The highest BCUT2D eigenvalue weighted by molar-refractivity contribution is 5.47. The number of anilines is 1. The lowest BCUT2D eigenvalue weighted by Crippen LogP contribution is -2.48. The molecule has 162 valence electrons. The first-order chi connectivity index (χ1) is 15.0. The molecule has 0 aliphatic carbocycles. The minimum absolute atomic E-state index is 0.0995. The van der Waals surface area contributed by atoms with Crippen LogP contribution in [0.1, 0.15) is 29.4 Å². The minimum Gasteiger partial charge on any atom is -0.368 e. The van der Waals surface area contributed by atoms with Gasteiger partial charge >= 0.3 is 0 Å². The van der Waals surface area contributed by atoms with Gasteiger partial charge < -0.3 is 14.0 Å². The maximum absolute atomic E-state index is 14.3. The molecular weight excluding hydrogens is 395 g/mol. The summed E-state index contributed by atoms with van der Waals surface area (Å²) in [6.45, 7) is 3.42. The Bertz CT molecular complexity index is 1150. The van der Waals surface area contributed by atoms with Gasteiger partial charge in [0, 0.05) is 69.0 Å². The predicted octanol–water partition coefficient (Wildman–Crippen LogP) is 2.37. The third kappa shape index (κ3) is 3.76. The molecule has 5 heterocycles. The summed E-state index contributed by atoms with van der Waals surface area (Å²) in [6.07, 6.45) is 7.66. The topological polar surface area (TPSA) is 59.2 Å². The van der Waals surface area contributed by atoms with E-state index in [4.69, 9.17) is 0 Å². The molecule has 8 heteroatoms. The van der Waals surface area contributed by atoms with E-state index in [1.165, 1.54) is 6.20 Å². The monoisotopic (exact) mass is 422 g/mol. The molecule has 5 rings (SSSR count). The van der Waals surface area contributed by atoms with Crippen molar-refractivity contribution in [3.8, 4) is 0 Å². The third-order valence-electron chi connectivity index (χ3n) is 6.55. The number of hydrogen-bond acceptors (Lipinski definition) is 5. The fourth-order valence-electron chi connectivity index (χ4n) is 5.07. The summed E-state index contributed by atoms with van der Waals surface area (Å²) in [5, 5.41) is 0. The summed E-state index contributed by atoms with van der Waals surface area (Å²) in [4.78, 5) is 25.7. The molecule has 1 fully saturated rings. The van der Waals surface area contributed by atoms with Crippen LogP contribution in [-0.2, 0) is 26.7 Å². The second-order valence-corrected chi connectivity index (χ2v) is 8.86. The molecule has 31 heavy (non-hydrogen) atoms. The smallest absolute Gasteiger partial charge is 0.255 e. The number of hydrogen-bond donors (Lipinski definition) is 0.